The molecule has 0 aliphatic carbocycles. The molecule has 0 heterocycles. The van der Waals surface area contributed by atoms with E-state index in [1.165, 1.54) is 17.8 Å². The van der Waals surface area contributed by atoms with E-state index in [9.17, 15) is 13.6 Å². The van der Waals surface area contributed by atoms with Gasteiger partial charge in [-0.2, -0.15) is 8.78 Å². The number of hydrogen-bond acceptors (Lipinski definition) is 2. The monoisotopic (exact) mass is 258 g/mol. The summed E-state index contributed by atoms with van der Waals surface area (Å²) in [6.45, 7) is 4.58. The van der Waals surface area contributed by atoms with Gasteiger partial charge in [-0.15, -0.1) is 11.8 Å². The van der Waals surface area contributed by atoms with Gasteiger partial charge in [-0.3, -0.25) is 4.79 Å². The lowest BCUT2D eigenvalue weighted by molar-refractivity contribution is 0.0221. The number of rotatable bonds is 4. The van der Waals surface area contributed by atoms with Crippen molar-refractivity contribution in [2.75, 3.05) is 6.26 Å². The zero-order valence-corrected chi connectivity index (χ0v) is 11.2. The Kier molecular flexibility index (Phi) is 4.31. The van der Waals surface area contributed by atoms with Crippen molar-refractivity contribution >= 4 is 17.5 Å². The van der Waals surface area contributed by atoms with Crippen molar-refractivity contribution in [3.8, 4) is 0 Å². The molecule has 0 atom stereocenters. The molecule has 0 unspecified atom stereocenters. The summed E-state index contributed by atoms with van der Waals surface area (Å²) in [5.41, 5.74) is 0.998. The molecule has 0 fully saturated rings. The summed E-state index contributed by atoms with van der Waals surface area (Å²) in [4.78, 5) is 12.4. The Hall–Kier alpha value is -0.900. The Morgan fingerprint density at radius 1 is 1.29 bits per heavy atom. The highest BCUT2D eigenvalue weighted by molar-refractivity contribution is 7.98. The highest BCUT2D eigenvalue weighted by atomic mass is 32.2. The van der Waals surface area contributed by atoms with Gasteiger partial charge in [0.25, 0.3) is 0 Å². The number of thioether (sulfide) groups is 1. The van der Waals surface area contributed by atoms with Crippen LogP contribution in [0.2, 0.25) is 0 Å². The van der Waals surface area contributed by atoms with Gasteiger partial charge in [0.1, 0.15) is 0 Å². The first-order chi connectivity index (χ1) is 7.75. The molecule has 0 aliphatic heterocycles. The molecule has 0 radical (unpaired) electrons. The predicted octanol–water partition coefficient (Wildman–Crippen LogP) is 4.37. The van der Waals surface area contributed by atoms with Crippen molar-refractivity contribution in [1.82, 2.24) is 0 Å². The van der Waals surface area contributed by atoms with Gasteiger partial charge in [0.15, 0.2) is 0 Å². The van der Waals surface area contributed by atoms with Crippen LogP contribution in [0.1, 0.15) is 42.6 Å². The van der Waals surface area contributed by atoms with Gasteiger partial charge in [-0.05, 0) is 35.9 Å². The van der Waals surface area contributed by atoms with Gasteiger partial charge < -0.3 is 0 Å². The highest BCUT2D eigenvalue weighted by Gasteiger charge is 2.33. The van der Waals surface area contributed by atoms with Crippen LogP contribution in [0.25, 0.3) is 0 Å². The summed E-state index contributed by atoms with van der Waals surface area (Å²) in [7, 11) is 0. The van der Waals surface area contributed by atoms with Crippen LogP contribution in [0.15, 0.2) is 23.1 Å². The lowest BCUT2D eigenvalue weighted by Gasteiger charge is -2.13. The zero-order valence-electron chi connectivity index (χ0n) is 10.4. The third kappa shape index (κ3) is 3.53. The Bertz CT molecular complexity index is 422. The number of Topliss-reactive ketones (excluding diaryl/α,β-unsaturated/α-hetero) is 1. The second-order valence-corrected chi connectivity index (χ2v) is 5.25. The lowest BCUT2D eigenvalue weighted by atomic mass is 9.98. The summed E-state index contributed by atoms with van der Waals surface area (Å²) in [6, 6.07) is 5.01. The number of hydrogen-bond donors (Lipinski definition) is 0. The Balaban J connectivity index is 3.25. The van der Waals surface area contributed by atoms with Crippen molar-refractivity contribution < 1.29 is 13.6 Å². The molecule has 1 aromatic carbocycles. The van der Waals surface area contributed by atoms with E-state index in [1.54, 1.807) is 6.07 Å². The Morgan fingerprint density at radius 2 is 1.88 bits per heavy atom. The van der Waals surface area contributed by atoms with Crippen LogP contribution >= 0.6 is 11.8 Å². The number of alkyl halides is 2. The summed E-state index contributed by atoms with van der Waals surface area (Å²) in [5, 5.41) is 0. The average Bonchev–Trinajstić information content (AvgIpc) is 2.26. The largest absolute Gasteiger partial charge is 0.307 e. The summed E-state index contributed by atoms with van der Waals surface area (Å²) >= 11 is 1.45. The van der Waals surface area contributed by atoms with E-state index in [4.69, 9.17) is 0 Å². The van der Waals surface area contributed by atoms with Gasteiger partial charge in [0, 0.05) is 17.4 Å². The third-order valence-electron chi connectivity index (χ3n) is 2.49. The number of carbonyl (C=O) groups excluding carboxylic acids is 1. The van der Waals surface area contributed by atoms with E-state index >= 15 is 0 Å². The van der Waals surface area contributed by atoms with Crippen LogP contribution in [0.3, 0.4) is 0 Å². The SMILES string of the molecule is CSc1cc(C(=O)C(C)(F)F)cc(C(C)C)c1. The third-order valence-corrected chi connectivity index (χ3v) is 3.20. The Morgan fingerprint density at radius 3 is 2.29 bits per heavy atom. The molecular formula is C13H16F2OS. The average molecular weight is 258 g/mol. The number of benzene rings is 1. The predicted molar refractivity (Wildman–Crippen MR) is 67.3 cm³/mol. The van der Waals surface area contributed by atoms with Crippen molar-refractivity contribution in [3.05, 3.63) is 29.3 Å². The number of carbonyl (C=O) groups is 1. The molecule has 0 aliphatic rings. The maximum Gasteiger partial charge on any atom is 0.307 e. The first-order valence-corrected chi connectivity index (χ1v) is 6.59. The molecule has 0 saturated carbocycles. The van der Waals surface area contributed by atoms with E-state index < -0.39 is 11.7 Å². The lowest BCUT2D eigenvalue weighted by Crippen LogP contribution is -2.24. The summed E-state index contributed by atoms with van der Waals surface area (Å²) < 4.78 is 26.0. The molecule has 0 N–H and O–H groups in total. The minimum atomic E-state index is -3.31. The van der Waals surface area contributed by atoms with Crippen LogP contribution < -0.4 is 0 Å². The molecule has 0 saturated heterocycles. The maximum atomic E-state index is 13.0. The topological polar surface area (TPSA) is 17.1 Å². The van der Waals surface area contributed by atoms with E-state index in [0.29, 0.717) is 6.92 Å². The van der Waals surface area contributed by atoms with Gasteiger partial charge in [0.05, 0.1) is 0 Å². The van der Waals surface area contributed by atoms with Crippen LogP contribution in [0, 0.1) is 0 Å². The van der Waals surface area contributed by atoms with Crippen molar-refractivity contribution in [1.29, 1.82) is 0 Å². The minimum Gasteiger partial charge on any atom is -0.287 e. The molecule has 0 aromatic heterocycles. The maximum absolute atomic E-state index is 13.0. The normalized spacial score (nSPS) is 11.9. The summed E-state index contributed by atoms with van der Waals surface area (Å²) in [5.74, 6) is -4.22. The molecule has 1 rings (SSSR count). The van der Waals surface area contributed by atoms with Crippen LogP contribution in [0.5, 0.6) is 0 Å². The van der Waals surface area contributed by atoms with Crippen LogP contribution in [-0.4, -0.2) is 18.0 Å². The Labute approximate surface area is 105 Å². The van der Waals surface area contributed by atoms with Crippen LogP contribution in [0.4, 0.5) is 8.78 Å². The van der Waals surface area contributed by atoms with Crippen molar-refractivity contribution in [3.63, 3.8) is 0 Å². The van der Waals surface area contributed by atoms with E-state index in [1.807, 2.05) is 26.2 Å². The minimum absolute atomic E-state index is 0.0908. The van der Waals surface area contributed by atoms with Gasteiger partial charge in [0.2, 0.25) is 5.78 Å². The molecule has 1 nitrogen and oxygen atoms in total. The van der Waals surface area contributed by atoms with Gasteiger partial charge in [-0.1, -0.05) is 13.8 Å². The number of halogens is 2. The number of ketones is 1. The molecule has 0 amide bonds. The summed E-state index contributed by atoms with van der Waals surface area (Å²) in [6.07, 6.45) is 1.86. The second-order valence-electron chi connectivity index (χ2n) is 4.37. The molecular weight excluding hydrogens is 242 g/mol. The zero-order chi connectivity index (χ0) is 13.2. The van der Waals surface area contributed by atoms with Crippen molar-refractivity contribution in [2.45, 2.75) is 37.5 Å². The molecule has 17 heavy (non-hydrogen) atoms. The molecule has 4 heteroatoms. The smallest absolute Gasteiger partial charge is 0.287 e. The van der Waals surface area contributed by atoms with Gasteiger partial charge >= 0.3 is 5.92 Å². The van der Waals surface area contributed by atoms with E-state index in [0.717, 1.165) is 10.5 Å². The van der Waals surface area contributed by atoms with Crippen molar-refractivity contribution in [2.24, 2.45) is 0 Å². The fourth-order valence-corrected chi connectivity index (χ4v) is 1.96. The molecule has 0 spiro atoms. The molecule has 0 bridgehead atoms. The second kappa shape index (κ2) is 5.17. The van der Waals surface area contributed by atoms with E-state index in [2.05, 4.69) is 0 Å². The highest BCUT2D eigenvalue weighted by Crippen LogP contribution is 2.27. The van der Waals surface area contributed by atoms with E-state index in [-0.39, 0.29) is 11.5 Å². The van der Waals surface area contributed by atoms with Crippen LogP contribution in [-0.2, 0) is 0 Å². The fourth-order valence-electron chi connectivity index (χ4n) is 1.46. The fraction of sp³-hybridized carbons (Fsp3) is 0.462. The quantitative estimate of drug-likeness (QED) is 0.589. The molecule has 94 valence electrons. The standard InChI is InChI=1S/C13H16F2OS/c1-8(2)9-5-10(7-11(6-9)17-4)12(16)13(3,14)15/h5-8H,1-4H3. The first kappa shape index (κ1) is 14.2. The first-order valence-electron chi connectivity index (χ1n) is 5.37. The molecule has 1 aromatic rings. The van der Waals surface area contributed by atoms with Gasteiger partial charge in [-0.25, -0.2) is 0 Å².